The molecule has 0 aromatic heterocycles. The number of nitrogens with zero attached hydrogens (tertiary/aromatic N) is 1. The van der Waals surface area contributed by atoms with Crippen molar-refractivity contribution in [2.75, 3.05) is 25.1 Å². The predicted octanol–water partition coefficient (Wildman–Crippen LogP) is 4.74. The van der Waals surface area contributed by atoms with Crippen molar-refractivity contribution in [3.05, 3.63) is 65.2 Å². The van der Waals surface area contributed by atoms with Crippen LogP contribution in [0.25, 0.3) is 0 Å². The van der Waals surface area contributed by atoms with E-state index in [0.29, 0.717) is 38.2 Å². The number of halogens is 3. The normalized spacial score (nSPS) is 17.2. The Bertz CT molecular complexity index is 841. The molecule has 2 aromatic carbocycles. The Morgan fingerprint density at radius 2 is 1.83 bits per heavy atom. The van der Waals surface area contributed by atoms with Crippen LogP contribution >= 0.6 is 0 Å². The molecule has 1 heterocycles. The molecule has 0 aliphatic carbocycles. The molecule has 0 bridgehead atoms. The Morgan fingerprint density at radius 1 is 1.14 bits per heavy atom. The van der Waals surface area contributed by atoms with E-state index in [1.807, 2.05) is 24.3 Å². The molecule has 1 saturated heterocycles. The average molecular weight is 405 g/mol. The van der Waals surface area contributed by atoms with E-state index in [-0.39, 0.29) is 5.96 Å². The molecular formula is C22H26F3N3O. The lowest BCUT2D eigenvalue weighted by atomic mass is 9.74. The van der Waals surface area contributed by atoms with Crippen molar-refractivity contribution in [1.29, 1.82) is 0 Å². The fraction of sp³-hybridized carbons (Fsp3) is 0.409. The van der Waals surface area contributed by atoms with Crippen molar-refractivity contribution >= 4 is 11.6 Å². The lowest BCUT2D eigenvalue weighted by Crippen LogP contribution is -2.38. The van der Waals surface area contributed by atoms with Gasteiger partial charge in [-0.05, 0) is 48.6 Å². The zero-order valence-corrected chi connectivity index (χ0v) is 16.4. The van der Waals surface area contributed by atoms with Gasteiger partial charge >= 0.3 is 6.18 Å². The largest absolute Gasteiger partial charge is 0.416 e. The zero-order chi connectivity index (χ0) is 20.9. The van der Waals surface area contributed by atoms with Crippen LogP contribution < -0.4 is 11.1 Å². The summed E-state index contributed by atoms with van der Waals surface area (Å²) < 4.78 is 45.0. The summed E-state index contributed by atoms with van der Waals surface area (Å²) in [4.78, 5) is 4.47. The molecule has 3 rings (SSSR count). The van der Waals surface area contributed by atoms with Crippen LogP contribution in [0.4, 0.5) is 18.9 Å². The standard InChI is InChI=1S/C22H26F3N3O/c1-2-16-6-8-19(9-7-16)28-20(26)27-15-21(10-12-29-13-11-21)17-4-3-5-18(14-17)22(23,24)25/h3-9,14H,2,10-13,15H2,1H3,(H3,26,27,28). The molecule has 1 aliphatic heterocycles. The number of benzene rings is 2. The molecule has 1 aliphatic rings. The average Bonchev–Trinajstić information content (AvgIpc) is 2.73. The van der Waals surface area contributed by atoms with Crippen LogP contribution in [-0.4, -0.2) is 25.7 Å². The third-order valence-electron chi connectivity index (χ3n) is 5.44. The number of ether oxygens (including phenoxy) is 1. The monoisotopic (exact) mass is 405 g/mol. The summed E-state index contributed by atoms with van der Waals surface area (Å²) in [6.07, 6.45) is -2.24. The SMILES string of the molecule is CCc1ccc(NC(N)=NCC2(c3cccc(C(F)(F)F)c3)CCOCC2)cc1. The number of aryl methyl sites for hydroxylation is 1. The molecule has 29 heavy (non-hydrogen) atoms. The van der Waals surface area contributed by atoms with E-state index in [2.05, 4.69) is 17.2 Å². The second-order valence-electron chi connectivity index (χ2n) is 7.35. The Hall–Kier alpha value is -2.54. The number of nitrogens with one attached hydrogen (secondary N) is 1. The van der Waals surface area contributed by atoms with Crippen molar-refractivity contribution in [3.8, 4) is 0 Å². The highest BCUT2D eigenvalue weighted by Crippen LogP contribution is 2.38. The van der Waals surface area contributed by atoms with E-state index in [9.17, 15) is 13.2 Å². The van der Waals surface area contributed by atoms with Gasteiger partial charge in [0, 0.05) is 24.3 Å². The number of alkyl halides is 3. The van der Waals surface area contributed by atoms with Crippen molar-refractivity contribution in [2.45, 2.75) is 37.8 Å². The molecule has 0 unspecified atom stereocenters. The fourth-order valence-corrected chi connectivity index (χ4v) is 3.57. The molecule has 0 spiro atoms. The van der Waals surface area contributed by atoms with Crippen LogP contribution in [0.3, 0.4) is 0 Å². The number of guanidine groups is 1. The summed E-state index contributed by atoms with van der Waals surface area (Å²) in [6, 6.07) is 13.4. The van der Waals surface area contributed by atoms with Gasteiger partial charge in [-0.25, -0.2) is 0 Å². The first-order valence-corrected chi connectivity index (χ1v) is 9.74. The smallest absolute Gasteiger partial charge is 0.381 e. The molecule has 0 amide bonds. The summed E-state index contributed by atoms with van der Waals surface area (Å²) in [5, 5.41) is 3.05. The second-order valence-corrected chi connectivity index (χ2v) is 7.35. The van der Waals surface area contributed by atoms with Crippen LogP contribution in [0.15, 0.2) is 53.5 Å². The third kappa shape index (κ3) is 5.29. The Kier molecular flexibility index (Phi) is 6.47. The third-order valence-corrected chi connectivity index (χ3v) is 5.44. The van der Waals surface area contributed by atoms with Crippen molar-refractivity contribution in [2.24, 2.45) is 10.7 Å². The van der Waals surface area contributed by atoms with E-state index in [1.54, 1.807) is 6.07 Å². The summed E-state index contributed by atoms with van der Waals surface area (Å²) in [6.45, 7) is 3.35. The number of hydrogen-bond donors (Lipinski definition) is 2. The maximum absolute atomic E-state index is 13.2. The first-order valence-electron chi connectivity index (χ1n) is 9.74. The van der Waals surface area contributed by atoms with Crippen LogP contribution in [0.2, 0.25) is 0 Å². The molecule has 156 valence electrons. The van der Waals surface area contributed by atoms with Crippen LogP contribution in [0, 0.1) is 0 Å². The number of hydrogen-bond acceptors (Lipinski definition) is 2. The van der Waals surface area contributed by atoms with Gasteiger partial charge in [-0.1, -0.05) is 37.3 Å². The first kappa shape index (κ1) is 21.2. The van der Waals surface area contributed by atoms with Gasteiger partial charge in [0.2, 0.25) is 0 Å². The van der Waals surface area contributed by atoms with Gasteiger partial charge in [-0.15, -0.1) is 0 Å². The first-order chi connectivity index (χ1) is 13.8. The van der Waals surface area contributed by atoms with Crippen molar-refractivity contribution in [1.82, 2.24) is 0 Å². The minimum atomic E-state index is -4.38. The summed E-state index contributed by atoms with van der Waals surface area (Å²) in [5.41, 5.74) is 7.55. The Morgan fingerprint density at radius 3 is 2.45 bits per heavy atom. The topological polar surface area (TPSA) is 59.6 Å². The minimum Gasteiger partial charge on any atom is -0.381 e. The maximum Gasteiger partial charge on any atom is 0.416 e. The minimum absolute atomic E-state index is 0.243. The van der Waals surface area contributed by atoms with Gasteiger partial charge in [0.15, 0.2) is 5.96 Å². The van der Waals surface area contributed by atoms with E-state index < -0.39 is 17.2 Å². The lowest BCUT2D eigenvalue weighted by molar-refractivity contribution is -0.137. The quantitative estimate of drug-likeness (QED) is 0.558. The summed E-state index contributed by atoms with van der Waals surface area (Å²) in [7, 11) is 0. The molecule has 7 heteroatoms. The number of anilines is 1. The molecule has 0 saturated carbocycles. The van der Waals surface area contributed by atoms with E-state index in [1.165, 1.54) is 17.7 Å². The molecular weight excluding hydrogens is 379 g/mol. The molecule has 0 radical (unpaired) electrons. The molecule has 4 nitrogen and oxygen atoms in total. The molecule has 0 atom stereocenters. The van der Waals surface area contributed by atoms with Crippen molar-refractivity contribution in [3.63, 3.8) is 0 Å². The zero-order valence-electron chi connectivity index (χ0n) is 16.4. The Labute approximate surface area is 169 Å². The van der Waals surface area contributed by atoms with E-state index in [4.69, 9.17) is 10.5 Å². The second kappa shape index (κ2) is 8.86. The summed E-state index contributed by atoms with van der Waals surface area (Å²) >= 11 is 0. The Balaban J connectivity index is 1.80. The van der Waals surface area contributed by atoms with Crippen molar-refractivity contribution < 1.29 is 17.9 Å². The summed E-state index contributed by atoms with van der Waals surface area (Å²) in [5.74, 6) is 0.243. The molecule has 3 N–H and O–H groups in total. The molecule has 2 aromatic rings. The molecule has 1 fully saturated rings. The van der Waals surface area contributed by atoms with Crippen LogP contribution in [-0.2, 0) is 22.7 Å². The highest BCUT2D eigenvalue weighted by atomic mass is 19.4. The van der Waals surface area contributed by atoms with Gasteiger partial charge in [0.1, 0.15) is 0 Å². The van der Waals surface area contributed by atoms with Gasteiger partial charge < -0.3 is 15.8 Å². The van der Waals surface area contributed by atoms with Crippen LogP contribution in [0.5, 0.6) is 0 Å². The predicted molar refractivity (Wildman–Crippen MR) is 109 cm³/mol. The highest BCUT2D eigenvalue weighted by molar-refractivity contribution is 5.92. The lowest BCUT2D eigenvalue weighted by Gasteiger charge is -2.37. The van der Waals surface area contributed by atoms with Gasteiger partial charge in [0.25, 0.3) is 0 Å². The highest BCUT2D eigenvalue weighted by Gasteiger charge is 2.37. The van der Waals surface area contributed by atoms with Gasteiger partial charge in [-0.3, -0.25) is 4.99 Å². The van der Waals surface area contributed by atoms with Gasteiger partial charge in [-0.2, -0.15) is 13.2 Å². The number of rotatable bonds is 5. The number of aliphatic imine (C=N–C) groups is 1. The fourth-order valence-electron chi connectivity index (χ4n) is 3.57. The van der Waals surface area contributed by atoms with E-state index in [0.717, 1.165) is 18.2 Å². The van der Waals surface area contributed by atoms with Gasteiger partial charge in [0.05, 0.1) is 12.1 Å². The van der Waals surface area contributed by atoms with E-state index >= 15 is 0 Å². The van der Waals surface area contributed by atoms with Crippen LogP contribution in [0.1, 0.15) is 36.5 Å². The number of nitrogens with two attached hydrogens (primary N) is 1. The maximum atomic E-state index is 13.2.